The summed E-state index contributed by atoms with van der Waals surface area (Å²) in [6.45, 7) is 3.45. The van der Waals surface area contributed by atoms with Crippen molar-refractivity contribution in [1.29, 1.82) is 0 Å². The molecule has 0 saturated carbocycles. The first-order valence-electron chi connectivity index (χ1n) is 13.4. The summed E-state index contributed by atoms with van der Waals surface area (Å²) < 4.78 is 37.4. The molecule has 0 aliphatic rings. The number of methoxy groups -OCH3 is 2. The van der Waals surface area contributed by atoms with Gasteiger partial charge in [0.25, 0.3) is 0 Å². The Balaban J connectivity index is 2.06. The summed E-state index contributed by atoms with van der Waals surface area (Å²) in [6.07, 6.45) is 2.02. The van der Waals surface area contributed by atoms with Crippen molar-refractivity contribution in [2.75, 3.05) is 31.3 Å². The van der Waals surface area contributed by atoms with Crippen LogP contribution in [0.4, 0.5) is 5.69 Å². The van der Waals surface area contributed by atoms with Crippen LogP contribution in [0.5, 0.6) is 11.5 Å². The molecule has 0 radical (unpaired) electrons. The summed E-state index contributed by atoms with van der Waals surface area (Å²) in [6, 6.07) is 22.1. The lowest BCUT2D eigenvalue weighted by Gasteiger charge is -2.34. The van der Waals surface area contributed by atoms with Gasteiger partial charge in [0.1, 0.15) is 24.1 Å². The van der Waals surface area contributed by atoms with E-state index in [0.29, 0.717) is 23.6 Å². The van der Waals surface area contributed by atoms with Gasteiger partial charge >= 0.3 is 0 Å². The van der Waals surface area contributed by atoms with Gasteiger partial charge in [0.15, 0.2) is 0 Å². The second-order valence-electron chi connectivity index (χ2n) is 9.86. The van der Waals surface area contributed by atoms with E-state index in [1.807, 2.05) is 56.3 Å². The van der Waals surface area contributed by atoms with Crippen molar-refractivity contribution in [1.82, 2.24) is 10.2 Å². The van der Waals surface area contributed by atoms with Gasteiger partial charge in [-0.05, 0) is 60.9 Å². The minimum absolute atomic E-state index is 0.0711. The fourth-order valence-electron chi connectivity index (χ4n) is 4.32. The summed E-state index contributed by atoms with van der Waals surface area (Å²) in [4.78, 5) is 29.3. The Morgan fingerprint density at radius 3 is 2.10 bits per heavy atom. The number of carbonyl (C=O) groups excluding carboxylic acids is 2. The number of anilines is 1. The molecule has 0 saturated heterocycles. The minimum Gasteiger partial charge on any atom is -0.497 e. The van der Waals surface area contributed by atoms with Crippen LogP contribution in [-0.2, 0) is 32.6 Å². The number of benzene rings is 3. The molecule has 0 spiro atoms. The molecular formula is C31H39N3O6S. The highest BCUT2D eigenvalue weighted by atomic mass is 32.2. The summed E-state index contributed by atoms with van der Waals surface area (Å²) in [5.41, 5.74) is 1.92. The van der Waals surface area contributed by atoms with Gasteiger partial charge in [-0.2, -0.15) is 0 Å². The molecule has 220 valence electrons. The topological polar surface area (TPSA) is 105 Å². The molecule has 3 aromatic carbocycles. The van der Waals surface area contributed by atoms with Crippen LogP contribution >= 0.6 is 0 Å². The molecule has 0 fully saturated rings. The van der Waals surface area contributed by atoms with E-state index >= 15 is 0 Å². The zero-order chi connectivity index (χ0) is 30.0. The fourth-order valence-corrected chi connectivity index (χ4v) is 5.17. The van der Waals surface area contributed by atoms with Crippen LogP contribution in [-0.4, -0.2) is 64.2 Å². The number of hydrogen-bond acceptors (Lipinski definition) is 6. The molecule has 0 aromatic heterocycles. The van der Waals surface area contributed by atoms with Gasteiger partial charge in [0.2, 0.25) is 21.8 Å². The number of nitrogens with zero attached hydrogens (tertiary/aromatic N) is 2. The van der Waals surface area contributed by atoms with Crippen molar-refractivity contribution in [2.24, 2.45) is 0 Å². The molecule has 10 heteroatoms. The van der Waals surface area contributed by atoms with Crippen molar-refractivity contribution < 1.29 is 27.5 Å². The Bertz CT molecular complexity index is 1400. The maximum Gasteiger partial charge on any atom is 0.244 e. The normalized spacial score (nSPS) is 12.6. The molecular weight excluding hydrogens is 542 g/mol. The zero-order valence-electron chi connectivity index (χ0n) is 24.2. The molecule has 0 heterocycles. The number of sulfonamides is 1. The molecule has 0 bridgehead atoms. The zero-order valence-corrected chi connectivity index (χ0v) is 25.1. The van der Waals surface area contributed by atoms with E-state index < -0.39 is 28.5 Å². The molecule has 3 aromatic rings. The summed E-state index contributed by atoms with van der Waals surface area (Å²) in [5.74, 6) is 0.330. The molecule has 41 heavy (non-hydrogen) atoms. The standard InChI is InChI=1S/C31H39N3O6S/c1-6-23(2)32-31(36)29(20-24-11-8-7-9-12-24)33(21-25-13-10-14-28(19-25)40-4)30(35)22-34(41(5,37)38)26-15-17-27(39-3)18-16-26/h7-19,23,29H,6,20-22H2,1-5H3,(H,32,36)/t23-,29-/m0/s1. The number of ether oxygens (including phenoxy) is 2. The van der Waals surface area contributed by atoms with E-state index in [1.54, 1.807) is 43.5 Å². The van der Waals surface area contributed by atoms with Crippen LogP contribution in [0.3, 0.4) is 0 Å². The third kappa shape index (κ3) is 8.97. The minimum atomic E-state index is -3.85. The highest BCUT2D eigenvalue weighted by Gasteiger charge is 2.33. The van der Waals surface area contributed by atoms with Crippen molar-refractivity contribution in [2.45, 2.75) is 45.3 Å². The SMILES string of the molecule is CC[C@H](C)NC(=O)[C@H](Cc1ccccc1)N(Cc1cccc(OC)c1)C(=O)CN(c1ccc(OC)cc1)S(C)(=O)=O. The predicted octanol–water partition coefficient (Wildman–Crippen LogP) is 4.02. The van der Waals surface area contributed by atoms with Crippen LogP contribution < -0.4 is 19.1 Å². The molecule has 2 amide bonds. The van der Waals surface area contributed by atoms with Gasteiger partial charge in [-0.15, -0.1) is 0 Å². The van der Waals surface area contributed by atoms with Gasteiger partial charge < -0.3 is 19.7 Å². The fraction of sp³-hybridized carbons (Fsp3) is 0.355. The van der Waals surface area contributed by atoms with Crippen LogP contribution in [0, 0.1) is 0 Å². The first kappa shape index (κ1) is 31.5. The lowest BCUT2D eigenvalue weighted by molar-refractivity contribution is -0.140. The third-order valence-electron chi connectivity index (χ3n) is 6.80. The van der Waals surface area contributed by atoms with Gasteiger partial charge in [-0.25, -0.2) is 8.42 Å². The van der Waals surface area contributed by atoms with E-state index in [-0.39, 0.29) is 24.9 Å². The molecule has 2 atom stereocenters. The van der Waals surface area contributed by atoms with E-state index in [4.69, 9.17) is 9.47 Å². The average Bonchev–Trinajstić information content (AvgIpc) is 2.97. The smallest absolute Gasteiger partial charge is 0.244 e. The number of carbonyl (C=O) groups is 2. The summed E-state index contributed by atoms with van der Waals surface area (Å²) in [7, 11) is -0.784. The van der Waals surface area contributed by atoms with Crippen LogP contribution in [0.1, 0.15) is 31.4 Å². The van der Waals surface area contributed by atoms with Crippen molar-refractivity contribution in [3.05, 3.63) is 90.0 Å². The van der Waals surface area contributed by atoms with Gasteiger partial charge in [0.05, 0.1) is 26.2 Å². The number of nitrogens with one attached hydrogen (secondary N) is 1. The molecule has 9 nitrogen and oxygen atoms in total. The maximum absolute atomic E-state index is 14.1. The Morgan fingerprint density at radius 2 is 1.51 bits per heavy atom. The molecule has 0 unspecified atom stereocenters. The third-order valence-corrected chi connectivity index (χ3v) is 7.94. The number of hydrogen-bond donors (Lipinski definition) is 1. The first-order chi connectivity index (χ1) is 19.5. The average molecular weight is 582 g/mol. The van der Waals surface area contributed by atoms with Crippen molar-refractivity contribution in [3.63, 3.8) is 0 Å². The van der Waals surface area contributed by atoms with E-state index in [9.17, 15) is 18.0 Å². The highest BCUT2D eigenvalue weighted by molar-refractivity contribution is 7.92. The summed E-state index contributed by atoms with van der Waals surface area (Å²) >= 11 is 0. The summed E-state index contributed by atoms with van der Waals surface area (Å²) in [5, 5.41) is 3.02. The Kier molecular flexibility index (Phi) is 11.2. The first-order valence-corrected chi connectivity index (χ1v) is 15.3. The lowest BCUT2D eigenvalue weighted by Crippen LogP contribution is -2.54. The lowest BCUT2D eigenvalue weighted by atomic mass is 10.0. The second-order valence-corrected chi connectivity index (χ2v) is 11.8. The monoisotopic (exact) mass is 581 g/mol. The van der Waals surface area contributed by atoms with Gasteiger partial charge in [-0.3, -0.25) is 13.9 Å². The highest BCUT2D eigenvalue weighted by Crippen LogP contribution is 2.23. The molecule has 0 aliphatic carbocycles. The van der Waals surface area contributed by atoms with Crippen LogP contribution in [0.15, 0.2) is 78.9 Å². The molecule has 0 aliphatic heterocycles. The van der Waals surface area contributed by atoms with Crippen molar-refractivity contribution >= 4 is 27.5 Å². The van der Waals surface area contributed by atoms with Gasteiger partial charge in [-0.1, -0.05) is 49.4 Å². The largest absolute Gasteiger partial charge is 0.497 e. The maximum atomic E-state index is 14.1. The number of rotatable bonds is 14. The second kappa shape index (κ2) is 14.5. The van der Waals surface area contributed by atoms with Gasteiger partial charge in [0, 0.05) is 19.0 Å². The Hall–Kier alpha value is -4.05. The van der Waals surface area contributed by atoms with E-state index in [0.717, 1.165) is 21.7 Å². The van der Waals surface area contributed by atoms with E-state index in [1.165, 1.54) is 12.0 Å². The number of amides is 2. The van der Waals surface area contributed by atoms with Crippen LogP contribution in [0.25, 0.3) is 0 Å². The Labute approximate surface area is 243 Å². The van der Waals surface area contributed by atoms with Crippen molar-refractivity contribution in [3.8, 4) is 11.5 Å². The molecule has 3 rings (SSSR count). The quantitative estimate of drug-likeness (QED) is 0.308. The Morgan fingerprint density at radius 1 is 0.878 bits per heavy atom. The molecule has 1 N–H and O–H groups in total. The predicted molar refractivity (Wildman–Crippen MR) is 161 cm³/mol. The van der Waals surface area contributed by atoms with E-state index in [2.05, 4.69) is 5.32 Å². The van der Waals surface area contributed by atoms with Crippen LogP contribution in [0.2, 0.25) is 0 Å².